The molecular weight excluding hydrogens is 1010 g/mol. The van der Waals surface area contributed by atoms with E-state index in [0.717, 1.165) is 63.0 Å². The first-order valence-corrected chi connectivity index (χ1v) is 32.9. The van der Waals surface area contributed by atoms with E-state index < -0.39 is 58.7 Å². The Morgan fingerprint density at radius 3 is 2.56 bits per heavy atom. The van der Waals surface area contributed by atoms with Crippen LogP contribution < -0.4 is 11.1 Å². The summed E-state index contributed by atoms with van der Waals surface area (Å²) in [5, 5.41) is 78.4. The van der Waals surface area contributed by atoms with E-state index in [1.807, 2.05) is 34.1 Å². The number of hydrogen-bond acceptors (Lipinski definition) is 11. The second-order valence-electron chi connectivity index (χ2n) is 28.3. The standard InChI is InChI=1S/C64H89N5O7S2/c1-35(71)68-59(65)67-31-39-28-63(33-70)45-24-47(64(63,76)48-26-49(72)46-25-50(73)51(74)30-61(46,4)55(39)48)52(18-16-36-10-6-5-7-11-36)78-77-32-41(69-21-20-66-34-69)29-60(2,3)57-44-22-37-15-17-40-13-9-19-62(40,27-37)56(44)42-14-8-12-38-23-43(45)58(75)54(57)53(38)42/h5-7,10-11,20-21,26,34-35,37-41,43,45-47,50-52,54-56,58,70-71,73-76H,8-9,12-19,22-25,27-33H2,1-4H3,(H3,65,67,68). The van der Waals surface area contributed by atoms with Gasteiger partial charge in [0.2, 0.25) is 0 Å². The second kappa shape index (κ2) is 20.1. The number of carbonyl (C=O) groups excluding carboxylic acids is 1. The normalized spacial score (nSPS) is 45.9. The molecule has 424 valence electrons. The van der Waals surface area contributed by atoms with Gasteiger partial charge in [0, 0.05) is 65.1 Å². The van der Waals surface area contributed by atoms with E-state index in [2.05, 4.69) is 72.2 Å². The van der Waals surface area contributed by atoms with Crippen molar-refractivity contribution in [3.8, 4) is 0 Å². The highest BCUT2D eigenvalue weighted by molar-refractivity contribution is 8.76. The summed E-state index contributed by atoms with van der Waals surface area (Å²) < 4.78 is 2.33. The van der Waals surface area contributed by atoms with E-state index >= 15 is 9.90 Å². The van der Waals surface area contributed by atoms with Crippen LogP contribution >= 0.6 is 21.6 Å². The summed E-state index contributed by atoms with van der Waals surface area (Å²) in [5.74, 6) is 0.352. The van der Waals surface area contributed by atoms with Gasteiger partial charge in [-0.1, -0.05) is 101 Å². The quantitative estimate of drug-likeness (QED) is 0.0410. The monoisotopic (exact) mass is 1100 g/mol. The van der Waals surface area contributed by atoms with Crippen LogP contribution in [0.5, 0.6) is 0 Å². The summed E-state index contributed by atoms with van der Waals surface area (Å²) in [7, 11) is 3.77. The third-order valence-corrected chi connectivity index (χ3v) is 27.2. The summed E-state index contributed by atoms with van der Waals surface area (Å²) in [4.78, 5) is 24.8. The Kier molecular flexibility index (Phi) is 14.0. The zero-order valence-electron chi connectivity index (χ0n) is 46.7. The molecule has 6 bridgehead atoms. The van der Waals surface area contributed by atoms with Gasteiger partial charge in [-0.3, -0.25) is 9.79 Å². The summed E-state index contributed by atoms with van der Waals surface area (Å²) >= 11 is 0. The molecule has 11 aliphatic rings. The first kappa shape index (κ1) is 54.3. The van der Waals surface area contributed by atoms with Crippen molar-refractivity contribution in [1.29, 1.82) is 0 Å². The minimum atomic E-state index is -1.69. The van der Waals surface area contributed by atoms with E-state index in [1.54, 1.807) is 29.7 Å². The van der Waals surface area contributed by atoms with Crippen molar-refractivity contribution >= 4 is 33.3 Å². The number of carbonyl (C=O) groups is 1. The summed E-state index contributed by atoms with van der Waals surface area (Å²) in [6, 6.07) is 10.7. The van der Waals surface area contributed by atoms with Gasteiger partial charge in [0.25, 0.3) is 0 Å². The molecule has 14 heteroatoms. The molecule has 0 radical (unpaired) electrons. The molecule has 2 heterocycles. The molecule has 2 aromatic rings. The molecule has 1 aliphatic heterocycles. The number of nitrogens with zero attached hydrogens (tertiary/aromatic N) is 3. The van der Waals surface area contributed by atoms with Crippen molar-refractivity contribution in [2.75, 3.05) is 18.9 Å². The van der Waals surface area contributed by atoms with Gasteiger partial charge in [0.15, 0.2) is 11.7 Å². The summed E-state index contributed by atoms with van der Waals surface area (Å²) in [6.45, 7) is 8.56. The van der Waals surface area contributed by atoms with Crippen LogP contribution in [-0.4, -0.2) is 106 Å². The number of fused-ring (bicyclic) bond motifs is 14. The molecule has 8 fully saturated rings. The number of ketones is 1. The van der Waals surface area contributed by atoms with E-state index in [9.17, 15) is 25.5 Å². The zero-order chi connectivity index (χ0) is 54.3. The van der Waals surface area contributed by atoms with Crippen molar-refractivity contribution in [2.24, 2.45) is 97.5 Å². The summed E-state index contributed by atoms with van der Waals surface area (Å²) in [5.41, 5.74) is 11.1. The maximum Gasteiger partial charge on any atom is 0.190 e. The van der Waals surface area contributed by atoms with Gasteiger partial charge < -0.3 is 46.3 Å². The fourth-order valence-electron chi connectivity index (χ4n) is 21.6. The summed E-state index contributed by atoms with van der Waals surface area (Å²) in [6.07, 6.45) is 20.9. The van der Waals surface area contributed by atoms with E-state index in [-0.39, 0.29) is 84.0 Å². The zero-order valence-corrected chi connectivity index (χ0v) is 48.3. The smallest absolute Gasteiger partial charge is 0.190 e. The fourth-order valence-corrected chi connectivity index (χ4v) is 24.9. The molecule has 1 aromatic carbocycles. The second-order valence-corrected chi connectivity index (χ2v) is 31.0. The molecule has 21 unspecified atom stereocenters. The number of rotatable bonds is 8. The molecule has 21 atom stereocenters. The van der Waals surface area contributed by atoms with Gasteiger partial charge in [-0.15, -0.1) is 0 Å². The number of aromatic nitrogens is 2. The topological polar surface area (TPSA) is 207 Å². The molecule has 9 N–H and O–H groups in total. The van der Waals surface area contributed by atoms with Gasteiger partial charge in [-0.05, 0) is 191 Å². The number of imidazole rings is 1. The van der Waals surface area contributed by atoms with E-state index in [1.165, 1.54) is 49.7 Å². The highest BCUT2D eigenvalue weighted by Gasteiger charge is 2.76. The van der Waals surface area contributed by atoms with Crippen molar-refractivity contribution < 1.29 is 35.4 Å². The van der Waals surface area contributed by atoms with Crippen LogP contribution in [0.15, 0.2) is 88.0 Å². The number of nitrogens with one attached hydrogen (secondary N) is 1. The third-order valence-electron chi connectivity index (χ3n) is 24.2. The number of aliphatic hydroxyl groups excluding tert-OH is 5. The SMILES string of the molecule is CC(O)NC(N)=NCC1CC2(CO)C3CC(C(CCc4ccccc4)SSCC(n4ccnc4)CC(C)(C)C4=C5CC6CCC7CCCC7(C6)C5C5=C6C(CCC5)CC3C(O)C64)C2(O)C2=CC(=O)C3CC(O)C(O)CC3(C)C21. The number of aliphatic hydroxyl groups is 6. The van der Waals surface area contributed by atoms with Gasteiger partial charge in [0.1, 0.15) is 6.23 Å². The Hall–Kier alpha value is -2.95. The van der Waals surface area contributed by atoms with Crippen LogP contribution in [0.25, 0.3) is 0 Å². The Bertz CT molecular complexity index is 2750. The highest BCUT2D eigenvalue weighted by atomic mass is 33.1. The molecule has 10 aliphatic carbocycles. The van der Waals surface area contributed by atoms with Crippen LogP contribution in [0.1, 0.15) is 148 Å². The Morgan fingerprint density at radius 2 is 1.79 bits per heavy atom. The van der Waals surface area contributed by atoms with Crippen molar-refractivity contribution in [3.63, 3.8) is 0 Å². The van der Waals surface area contributed by atoms with Crippen LogP contribution in [0.4, 0.5) is 0 Å². The molecule has 1 spiro atoms. The van der Waals surface area contributed by atoms with Gasteiger partial charge in [-0.25, -0.2) is 4.98 Å². The predicted molar refractivity (Wildman–Crippen MR) is 307 cm³/mol. The van der Waals surface area contributed by atoms with Gasteiger partial charge in [0.05, 0.1) is 36.8 Å². The number of nitrogens with two attached hydrogens (primary N) is 1. The number of guanidine groups is 1. The van der Waals surface area contributed by atoms with Crippen molar-refractivity contribution in [1.82, 2.24) is 14.9 Å². The molecule has 0 amide bonds. The number of hydrogen-bond donors (Lipinski definition) is 8. The maximum absolute atomic E-state index is 15.2. The van der Waals surface area contributed by atoms with Crippen LogP contribution in [0.3, 0.4) is 0 Å². The number of benzene rings is 1. The average molecular weight is 1100 g/mol. The number of aliphatic imine (C=N–C) groups is 1. The Labute approximate surface area is 470 Å². The van der Waals surface area contributed by atoms with Gasteiger partial charge >= 0.3 is 0 Å². The Balaban J connectivity index is 1.03. The van der Waals surface area contributed by atoms with Crippen molar-refractivity contribution in [2.45, 2.75) is 185 Å². The first-order chi connectivity index (χ1) is 37.4. The largest absolute Gasteiger partial charge is 0.396 e. The molecule has 12 nitrogen and oxygen atoms in total. The fraction of sp³-hybridized carbons (Fsp3) is 0.734. The molecule has 13 rings (SSSR count). The predicted octanol–water partition coefficient (Wildman–Crippen LogP) is 9.12. The molecule has 1 saturated heterocycles. The molecule has 78 heavy (non-hydrogen) atoms. The lowest BCUT2D eigenvalue weighted by Crippen LogP contribution is -2.67. The highest BCUT2D eigenvalue weighted by Crippen LogP contribution is 2.76. The average Bonchev–Trinajstić information content (AvgIpc) is 4.19. The minimum Gasteiger partial charge on any atom is -0.396 e. The van der Waals surface area contributed by atoms with Gasteiger partial charge in [-0.2, -0.15) is 0 Å². The lowest BCUT2D eigenvalue weighted by atomic mass is 9.41. The lowest BCUT2D eigenvalue weighted by Gasteiger charge is -2.65. The maximum atomic E-state index is 15.2. The molecular formula is C64H89N5O7S2. The molecule has 7 saturated carbocycles. The van der Waals surface area contributed by atoms with Crippen molar-refractivity contribution in [3.05, 3.63) is 88.6 Å². The number of aryl methyl sites for hydroxylation is 1. The third kappa shape index (κ3) is 8.28. The molecule has 1 aromatic heterocycles. The Morgan fingerprint density at radius 1 is 0.974 bits per heavy atom. The van der Waals surface area contributed by atoms with Crippen LogP contribution in [-0.2, 0) is 11.2 Å². The minimum absolute atomic E-state index is 0.0843. The lowest BCUT2D eigenvalue weighted by molar-refractivity contribution is -0.186. The van der Waals surface area contributed by atoms with E-state index in [4.69, 9.17) is 10.7 Å². The van der Waals surface area contributed by atoms with Crippen LogP contribution in [0, 0.1) is 86.8 Å². The van der Waals surface area contributed by atoms with E-state index in [0.29, 0.717) is 35.7 Å². The first-order valence-electron chi connectivity index (χ1n) is 30.6. The van der Waals surface area contributed by atoms with Crippen LogP contribution in [0.2, 0.25) is 0 Å². The number of allylic oxidation sites excluding steroid dienone is 3.